The Morgan fingerprint density at radius 1 is 1.50 bits per heavy atom. The Hall–Kier alpha value is -1.55. The van der Waals surface area contributed by atoms with Gasteiger partial charge in [0.25, 0.3) is 0 Å². The fraction of sp³-hybridized carbons (Fsp3) is 0.500. The number of hydrogen-bond acceptors (Lipinski definition) is 3. The van der Waals surface area contributed by atoms with Gasteiger partial charge < -0.3 is 14.8 Å². The third-order valence-corrected chi connectivity index (χ3v) is 3.19. The highest BCUT2D eigenvalue weighted by atomic mass is 16.5. The Balaban J connectivity index is 2.02. The normalized spacial score (nSPS) is 20.4. The molecule has 1 saturated heterocycles. The Morgan fingerprint density at radius 2 is 2.28 bits per heavy atom. The third-order valence-electron chi connectivity index (χ3n) is 3.19. The quantitative estimate of drug-likeness (QED) is 0.888. The summed E-state index contributed by atoms with van der Waals surface area (Å²) in [5, 5.41) is 2.97. The molecule has 0 unspecified atom stereocenters. The summed E-state index contributed by atoms with van der Waals surface area (Å²) in [7, 11) is 1.63. The minimum atomic E-state index is -0.290. The van der Waals surface area contributed by atoms with E-state index in [1.165, 1.54) is 0 Å². The average Bonchev–Trinajstić information content (AvgIpc) is 2.92. The summed E-state index contributed by atoms with van der Waals surface area (Å²) >= 11 is 0. The Bertz CT molecular complexity index is 413. The highest BCUT2D eigenvalue weighted by Gasteiger charge is 2.25. The summed E-state index contributed by atoms with van der Waals surface area (Å²) in [4.78, 5) is 12.0. The van der Waals surface area contributed by atoms with E-state index in [-0.39, 0.29) is 18.1 Å². The number of carbonyl (C=O) groups is 1. The number of benzene rings is 1. The van der Waals surface area contributed by atoms with Crippen LogP contribution in [0, 0.1) is 0 Å². The van der Waals surface area contributed by atoms with Gasteiger partial charge in [0.15, 0.2) is 0 Å². The third kappa shape index (κ3) is 2.82. The van der Waals surface area contributed by atoms with Crippen LogP contribution in [0.25, 0.3) is 0 Å². The van der Waals surface area contributed by atoms with E-state index in [0.717, 1.165) is 24.2 Å². The van der Waals surface area contributed by atoms with Crippen molar-refractivity contribution < 1.29 is 14.3 Å². The Labute approximate surface area is 107 Å². The average molecular weight is 249 g/mol. The molecule has 0 bridgehead atoms. The van der Waals surface area contributed by atoms with Gasteiger partial charge in [-0.3, -0.25) is 4.79 Å². The molecule has 1 heterocycles. The molecule has 2 atom stereocenters. The van der Waals surface area contributed by atoms with Crippen molar-refractivity contribution in [1.82, 2.24) is 5.32 Å². The van der Waals surface area contributed by atoms with Crippen LogP contribution < -0.4 is 10.1 Å². The van der Waals surface area contributed by atoms with Gasteiger partial charge in [-0.05, 0) is 25.8 Å². The molecule has 0 saturated carbocycles. The predicted molar refractivity (Wildman–Crippen MR) is 68.5 cm³/mol. The summed E-state index contributed by atoms with van der Waals surface area (Å²) in [6, 6.07) is 7.62. The van der Waals surface area contributed by atoms with E-state index >= 15 is 0 Å². The van der Waals surface area contributed by atoms with E-state index in [9.17, 15) is 4.79 Å². The predicted octanol–water partition coefficient (Wildman–Crippen LogP) is 2.05. The first-order valence-electron chi connectivity index (χ1n) is 6.27. The molecule has 1 fully saturated rings. The smallest absolute Gasteiger partial charge is 0.249 e. The molecule has 0 aliphatic carbocycles. The number of rotatable bonds is 4. The van der Waals surface area contributed by atoms with Crippen LogP contribution in [0.4, 0.5) is 0 Å². The summed E-state index contributed by atoms with van der Waals surface area (Å²) < 4.78 is 10.7. The van der Waals surface area contributed by atoms with E-state index in [4.69, 9.17) is 9.47 Å². The van der Waals surface area contributed by atoms with Crippen LogP contribution in [-0.4, -0.2) is 25.7 Å². The van der Waals surface area contributed by atoms with Crippen LogP contribution in [0.2, 0.25) is 0 Å². The maximum absolute atomic E-state index is 12.0. The molecular weight excluding hydrogens is 230 g/mol. The van der Waals surface area contributed by atoms with Crippen LogP contribution in [0.3, 0.4) is 0 Å². The largest absolute Gasteiger partial charge is 0.496 e. The lowest BCUT2D eigenvalue weighted by Gasteiger charge is -2.19. The fourth-order valence-corrected chi connectivity index (χ4v) is 2.19. The van der Waals surface area contributed by atoms with E-state index < -0.39 is 0 Å². The summed E-state index contributed by atoms with van der Waals surface area (Å²) in [6.07, 6.45) is 1.48. The Kier molecular flexibility index (Phi) is 4.20. The molecular formula is C14H19NO3. The maximum Gasteiger partial charge on any atom is 0.249 e. The first-order chi connectivity index (χ1) is 8.72. The highest BCUT2D eigenvalue weighted by molar-refractivity contribution is 5.81. The zero-order valence-corrected chi connectivity index (χ0v) is 10.8. The summed E-state index contributed by atoms with van der Waals surface area (Å²) in [5.41, 5.74) is 0.978. The minimum absolute atomic E-state index is 0.0362. The van der Waals surface area contributed by atoms with Crippen LogP contribution in [0.5, 0.6) is 5.75 Å². The zero-order valence-electron chi connectivity index (χ0n) is 10.8. The Morgan fingerprint density at radius 3 is 2.94 bits per heavy atom. The molecule has 1 aromatic carbocycles. The summed E-state index contributed by atoms with van der Waals surface area (Å²) in [6.45, 7) is 2.63. The van der Waals surface area contributed by atoms with Gasteiger partial charge >= 0.3 is 0 Å². The molecule has 2 rings (SSSR count). The first-order valence-corrected chi connectivity index (χ1v) is 6.27. The van der Waals surface area contributed by atoms with E-state index in [1.54, 1.807) is 7.11 Å². The van der Waals surface area contributed by atoms with Crippen molar-refractivity contribution in [2.45, 2.75) is 31.9 Å². The molecule has 0 aromatic heterocycles. The van der Waals surface area contributed by atoms with Gasteiger partial charge in [0.05, 0.1) is 13.2 Å². The van der Waals surface area contributed by atoms with Crippen LogP contribution in [-0.2, 0) is 9.53 Å². The lowest BCUT2D eigenvalue weighted by Crippen LogP contribution is -2.35. The van der Waals surface area contributed by atoms with Gasteiger partial charge in [0.2, 0.25) is 5.91 Å². The molecule has 1 aliphatic heterocycles. The molecule has 1 amide bonds. The zero-order chi connectivity index (χ0) is 13.0. The fourth-order valence-electron chi connectivity index (χ4n) is 2.19. The molecule has 18 heavy (non-hydrogen) atoms. The number of methoxy groups -OCH3 is 1. The van der Waals surface area contributed by atoms with E-state index in [0.29, 0.717) is 6.61 Å². The molecule has 1 N–H and O–H groups in total. The summed E-state index contributed by atoms with van der Waals surface area (Å²) in [5.74, 6) is 0.753. The van der Waals surface area contributed by atoms with Crippen molar-refractivity contribution in [2.24, 2.45) is 0 Å². The monoisotopic (exact) mass is 249 g/mol. The number of amides is 1. The number of carbonyl (C=O) groups excluding carboxylic acids is 1. The van der Waals surface area contributed by atoms with Gasteiger partial charge in [0, 0.05) is 12.2 Å². The van der Waals surface area contributed by atoms with Crippen molar-refractivity contribution >= 4 is 5.91 Å². The van der Waals surface area contributed by atoms with Crippen molar-refractivity contribution in [2.75, 3.05) is 13.7 Å². The highest BCUT2D eigenvalue weighted by Crippen LogP contribution is 2.24. The van der Waals surface area contributed by atoms with Crippen molar-refractivity contribution in [1.29, 1.82) is 0 Å². The molecule has 4 nitrogen and oxygen atoms in total. The molecule has 1 aromatic rings. The number of hydrogen-bond donors (Lipinski definition) is 1. The van der Waals surface area contributed by atoms with Crippen LogP contribution >= 0.6 is 0 Å². The maximum atomic E-state index is 12.0. The SMILES string of the molecule is COc1ccccc1[C@H](C)NC(=O)[C@@H]1CCCO1. The number of para-hydroxylation sites is 1. The minimum Gasteiger partial charge on any atom is -0.496 e. The van der Waals surface area contributed by atoms with Gasteiger partial charge in [-0.2, -0.15) is 0 Å². The van der Waals surface area contributed by atoms with Gasteiger partial charge in [-0.25, -0.2) is 0 Å². The second-order valence-electron chi connectivity index (χ2n) is 4.47. The molecule has 4 heteroatoms. The van der Waals surface area contributed by atoms with Crippen molar-refractivity contribution in [3.63, 3.8) is 0 Å². The van der Waals surface area contributed by atoms with Crippen molar-refractivity contribution in [3.05, 3.63) is 29.8 Å². The lowest BCUT2D eigenvalue weighted by molar-refractivity contribution is -0.130. The van der Waals surface area contributed by atoms with E-state index in [1.807, 2.05) is 31.2 Å². The van der Waals surface area contributed by atoms with Gasteiger partial charge in [-0.15, -0.1) is 0 Å². The standard InChI is InChI=1S/C14H19NO3/c1-10(11-6-3-4-7-12(11)17-2)15-14(16)13-8-5-9-18-13/h3-4,6-7,10,13H,5,8-9H2,1-2H3,(H,15,16)/t10-,13-/m0/s1. The second kappa shape index (κ2) is 5.87. The number of ether oxygens (including phenoxy) is 2. The second-order valence-corrected chi connectivity index (χ2v) is 4.47. The number of nitrogens with one attached hydrogen (secondary N) is 1. The van der Waals surface area contributed by atoms with Gasteiger partial charge in [0.1, 0.15) is 11.9 Å². The van der Waals surface area contributed by atoms with E-state index in [2.05, 4.69) is 5.32 Å². The van der Waals surface area contributed by atoms with Crippen LogP contribution in [0.15, 0.2) is 24.3 Å². The topological polar surface area (TPSA) is 47.6 Å². The molecule has 1 aliphatic rings. The molecule has 98 valence electrons. The first kappa shape index (κ1) is 12.9. The van der Waals surface area contributed by atoms with Crippen molar-refractivity contribution in [3.8, 4) is 5.75 Å². The molecule has 0 spiro atoms. The van der Waals surface area contributed by atoms with Gasteiger partial charge in [-0.1, -0.05) is 18.2 Å². The molecule has 0 radical (unpaired) electrons. The lowest BCUT2D eigenvalue weighted by atomic mass is 10.1. The van der Waals surface area contributed by atoms with Crippen LogP contribution in [0.1, 0.15) is 31.4 Å².